The highest BCUT2D eigenvalue weighted by Gasteiger charge is 2.46. The first kappa shape index (κ1) is 30.5. The van der Waals surface area contributed by atoms with Gasteiger partial charge in [-0.3, -0.25) is 4.57 Å². The van der Waals surface area contributed by atoms with Crippen molar-refractivity contribution >= 4 is 22.8 Å². The summed E-state index contributed by atoms with van der Waals surface area (Å²) in [7, 11) is 0. The molecule has 11 rings (SSSR count). The molecule has 0 saturated heterocycles. The maximum atomic E-state index is 5.43. The van der Waals surface area contributed by atoms with E-state index in [-0.39, 0.29) is 0 Å². The number of thioether (sulfide) groups is 1. The first-order valence-electron chi connectivity index (χ1n) is 18.4. The van der Waals surface area contributed by atoms with Gasteiger partial charge in [0.1, 0.15) is 5.82 Å². The Morgan fingerprint density at radius 1 is 0.528 bits per heavy atom. The SMILES string of the molecule is C1=CC2Sc3cc(-c4ccc(-n5c(-c6ccccc6)nc6cc(C7(c8ccccc8)c8ccccc8-c8ccccc87)ccc65)cc4)ccc3C2C=C1. The summed E-state index contributed by atoms with van der Waals surface area (Å²) in [5.74, 6) is 1.41. The average Bonchev–Trinajstić information content (AvgIpc) is 3.90. The average molecular weight is 695 g/mol. The van der Waals surface area contributed by atoms with Crippen LogP contribution < -0.4 is 0 Å². The molecule has 2 aliphatic carbocycles. The number of nitrogens with zero attached hydrogens (tertiary/aromatic N) is 2. The molecule has 2 atom stereocenters. The van der Waals surface area contributed by atoms with Crippen LogP contribution in [0.15, 0.2) is 199 Å². The molecule has 53 heavy (non-hydrogen) atoms. The quantitative estimate of drug-likeness (QED) is 0.178. The van der Waals surface area contributed by atoms with E-state index in [2.05, 4.69) is 199 Å². The highest BCUT2D eigenvalue weighted by Crippen LogP contribution is 2.56. The first-order valence-corrected chi connectivity index (χ1v) is 19.2. The smallest absolute Gasteiger partial charge is 0.145 e. The number of allylic oxidation sites excluding steroid dienone is 3. The Balaban J connectivity index is 1.07. The van der Waals surface area contributed by atoms with Gasteiger partial charge in [0.05, 0.1) is 16.4 Å². The molecule has 8 aromatic rings. The molecule has 2 nitrogen and oxygen atoms in total. The second-order valence-electron chi connectivity index (χ2n) is 14.2. The molecule has 0 amide bonds. The molecule has 250 valence electrons. The van der Waals surface area contributed by atoms with Crippen LogP contribution in [0, 0.1) is 0 Å². The third-order valence-corrected chi connectivity index (χ3v) is 12.8. The van der Waals surface area contributed by atoms with Crippen LogP contribution in [0.25, 0.3) is 50.4 Å². The lowest BCUT2D eigenvalue weighted by molar-refractivity contribution is 0.769. The van der Waals surface area contributed by atoms with Gasteiger partial charge < -0.3 is 0 Å². The second kappa shape index (κ2) is 11.9. The van der Waals surface area contributed by atoms with Gasteiger partial charge in [-0.25, -0.2) is 4.98 Å². The first-order chi connectivity index (χ1) is 26.3. The van der Waals surface area contributed by atoms with Crippen LogP contribution >= 0.6 is 11.8 Å². The van der Waals surface area contributed by atoms with Crippen molar-refractivity contribution in [2.24, 2.45) is 0 Å². The zero-order valence-corrected chi connectivity index (χ0v) is 29.7. The summed E-state index contributed by atoms with van der Waals surface area (Å²) in [5.41, 5.74) is 15.3. The van der Waals surface area contributed by atoms with E-state index in [0.717, 1.165) is 28.1 Å². The fourth-order valence-corrected chi connectivity index (χ4v) is 10.5. The summed E-state index contributed by atoms with van der Waals surface area (Å²) in [5, 5.41) is 0.500. The molecule has 7 aromatic carbocycles. The molecule has 0 spiro atoms. The highest BCUT2D eigenvalue weighted by atomic mass is 32.2. The van der Waals surface area contributed by atoms with Crippen LogP contribution in [0.5, 0.6) is 0 Å². The lowest BCUT2D eigenvalue weighted by Gasteiger charge is -2.33. The Morgan fingerprint density at radius 3 is 1.94 bits per heavy atom. The van der Waals surface area contributed by atoms with Gasteiger partial charge in [0.2, 0.25) is 0 Å². The third kappa shape index (κ3) is 4.57. The summed E-state index contributed by atoms with van der Waals surface area (Å²) in [6.45, 7) is 0. The molecule has 3 aliphatic rings. The Hall–Kier alpha value is -6.16. The summed E-state index contributed by atoms with van der Waals surface area (Å²) < 4.78 is 2.33. The number of aromatic nitrogens is 2. The Labute approximate surface area is 313 Å². The van der Waals surface area contributed by atoms with E-state index >= 15 is 0 Å². The molecule has 1 aromatic heterocycles. The summed E-state index contributed by atoms with van der Waals surface area (Å²) in [4.78, 5) is 6.82. The molecule has 0 fully saturated rings. The summed E-state index contributed by atoms with van der Waals surface area (Å²) >= 11 is 1.98. The van der Waals surface area contributed by atoms with Crippen molar-refractivity contribution in [1.82, 2.24) is 9.55 Å². The van der Waals surface area contributed by atoms with E-state index in [1.165, 1.54) is 55.0 Å². The highest BCUT2D eigenvalue weighted by molar-refractivity contribution is 8.00. The molecule has 2 unspecified atom stereocenters. The molecule has 0 N–H and O–H groups in total. The van der Waals surface area contributed by atoms with Crippen LogP contribution in [-0.2, 0) is 5.41 Å². The number of fused-ring (bicyclic) bond motifs is 7. The van der Waals surface area contributed by atoms with Crippen molar-refractivity contribution in [3.05, 3.63) is 222 Å². The van der Waals surface area contributed by atoms with Crippen molar-refractivity contribution in [2.75, 3.05) is 0 Å². The van der Waals surface area contributed by atoms with Crippen LogP contribution in [0.3, 0.4) is 0 Å². The fourth-order valence-electron chi connectivity index (χ4n) is 9.09. The van der Waals surface area contributed by atoms with Gasteiger partial charge in [0.25, 0.3) is 0 Å². The predicted octanol–water partition coefficient (Wildman–Crippen LogP) is 12.4. The van der Waals surface area contributed by atoms with Gasteiger partial charge in [-0.1, -0.05) is 164 Å². The fraction of sp³-hybridized carbons (Fsp3) is 0.0600. The molecule has 3 heteroatoms. The van der Waals surface area contributed by atoms with Crippen molar-refractivity contribution in [3.8, 4) is 39.3 Å². The Bertz CT molecular complexity index is 2710. The minimum absolute atomic E-state index is 0.473. The van der Waals surface area contributed by atoms with E-state index in [9.17, 15) is 0 Å². The van der Waals surface area contributed by atoms with Crippen LogP contribution in [0.1, 0.15) is 33.7 Å². The number of imidazole rings is 1. The molecule has 1 aliphatic heterocycles. The number of hydrogen-bond acceptors (Lipinski definition) is 2. The number of hydrogen-bond donors (Lipinski definition) is 0. The van der Waals surface area contributed by atoms with E-state index in [1.54, 1.807) is 0 Å². The molecular weight excluding hydrogens is 661 g/mol. The predicted molar refractivity (Wildman–Crippen MR) is 220 cm³/mol. The van der Waals surface area contributed by atoms with Gasteiger partial charge in [0, 0.05) is 27.3 Å². The maximum absolute atomic E-state index is 5.43. The van der Waals surface area contributed by atoms with Crippen LogP contribution in [0.2, 0.25) is 0 Å². The molecule has 0 saturated carbocycles. The number of benzene rings is 7. The van der Waals surface area contributed by atoms with Gasteiger partial charge in [0.15, 0.2) is 0 Å². The molecule has 0 radical (unpaired) electrons. The third-order valence-electron chi connectivity index (χ3n) is 11.5. The molecule has 2 heterocycles. The van der Waals surface area contributed by atoms with E-state index < -0.39 is 5.41 Å². The maximum Gasteiger partial charge on any atom is 0.145 e. The van der Waals surface area contributed by atoms with Crippen LogP contribution in [-0.4, -0.2) is 14.8 Å². The normalized spacial score (nSPS) is 17.4. The minimum atomic E-state index is -0.473. The van der Waals surface area contributed by atoms with Gasteiger partial charge in [-0.2, -0.15) is 0 Å². The Morgan fingerprint density at radius 2 is 1.19 bits per heavy atom. The molecular formula is C50H34N2S. The zero-order valence-electron chi connectivity index (χ0n) is 28.9. The summed E-state index contributed by atoms with van der Waals surface area (Å²) in [6.07, 6.45) is 9.03. The summed E-state index contributed by atoms with van der Waals surface area (Å²) in [6, 6.07) is 62.3. The zero-order chi connectivity index (χ0) is 34.9. The van der Waals surface area contributed by atoms with Crippen molar-refractivity contribution in [3.63, 3.8) is 0 Å². The topological polar surface area (TPSA) is 17.8 Å². The van der Waals surface area contributed by atoms with Crippen molar-refractivity contribution in [1.29, 1.82) is 0 Å². The van der Waals surface area contributed by atoms with E-state index in [4.69, 9.17) is 4.98 Å². The lowest BCUT2D eigenvalue weighted by Crippen LogP contribution is -2.28. The van der Waals surface area contributed by atoms with Gasteiger partial charge in [-0.15, -0.1) is 11.8 Å². The minimum Gasteiger partial charge on any atom is -0.292 e. The molecule has 0 bridgehead atoms. The lowest BCUT2D eigenvalue weighted by atomic mass is 9.67. The van der Waals surface area contributed by atoms with Crippen LogP contribution in [0.4, 0.5) is 0 Å². The van der Waals surface area contributed by atoms with E-state index in [1.807, 2.05) is 11.8 Å². The monoisotopic (exact) mass is 694 g/mol. The Kier molecular flexibility index (Phi) is 6.87. The number of rotatable bonds is 5. The standard InChI is InChI=1S/C50H34N2S/c1-3-13-34(14-4-1)49-51-45-32-37(50(36-15-5-2-6-16-36)43-20-10-7-17-39(43)40-18-8-11-21-44(40)50)26-30-46(45)52(49)38-27-23-33(24-28-38)35-25-29-42-41-19-9-12-22-47(41)53-48(42)31-35/h1-32,41,47H. The van der Waals surface area contributed by atoms with Crippen molar-refractivity contribution < 1.29 is 0 Å². The largest absolute Gasteiger partial charge is 0.292 e. The van der Waals surface area contributed by atoms with Gasteiger partial charge in [-0.05, 0) is 80.4 Å². The van der Waals surface area contributed by atoms with E-state index in [0.29, 0.717) is 11.2 Å². The van der Waals surface area contributed by atoms with Gasteiger partial charge >= 0.3 is 0 Å². The van der Waals surface area contributed by atoms with Crippen molar-refractivity contribution in [2.45, 2.75) is 21.5 Å². The second-order valence-corrected chi connectivity index (χ2v) is 15.4.